The van der Waals surface area contributed by atoms with Crippen LogP contribution in [0.15, 0.2) is 18.3 Å². The predicted octanol–water partition coefficient (Wildman–Crippen LogP) is 2.52. The number of aldehydes is 1. The highest BCUT2D eigenvalue weighted by Gasteiger charge is 2.23. The maximum Gasteiger partial charge on any atom is 0.153 e. The van der Waals surface area contributed by atoms with Crippen LogP contribution in [0.3, 0.4) is 0 Å². The molecule has 0 amide bonds. The second-order valence-corrected chi connectivity index (χ2v) is 4.42. The van der Waals surface area contributed by atoms with E-state index in [9.17, 15) is 4.79 Å². The van der Waals surface area contributed by atoms with E-state index in [1.54, 1.807) is 6.20 Å². The number of carbonyl (C=O) groups excluding carboxylic acids is 1. The first-order valence-electron chi connectivity index (χ1n) is 6.00. The van der Waals surface area contributed by atoms with Crippen LogP contribution in [0, 0.1) is 5.92 Å². The van der Waals surface area contributed by atoms with Crippen LogP contribution in [0.2, 0.25) is 0 Å². The van der Waals surface area contributed by atoms with E-state index in [0.717, 1.165) is 31.1 Å². The Bertz CT molecular complexity index is 365. The summed E-state index contributed by atoms with van der Waals surface area (Å²) in [4.78, 5) is 17.5. The fourth-order valence-electron chi connectivity index (χ4n) is 2.43. The molecule has 0 N–H and O–H groups in total. The molecule has 1 fully saturated rings. The van der Waals surface area contributed by atoms with E-state index in [2.05, 4.69) is 16.8 Å². The average Bonchev–Trinajstić information content (AvgIpc) is 2.78. The molecule has 0 aromatic carbocycles. The highest BCUT2D eigenvalue weighted by atomic mass is 16.1. The van der Waals surface area contributed by atoms with E-state index in [1.807, 2.05) is 12.1 Å². The van der Waals surface area contributed by atoms with Crippen LogP contribution in [-0.4, -0.2) is 24.4 Å². The largest absolute Gasteiger partial charge is 0.356 e. The molecule has 1 aromatic heterocycles. The Labute approximate surface area is 96.5 Å². The fraction of sp³-hybridized carbons (Fsp3) is 0.538. The first kappa shape index (κ1) is 11.1. The summed E-state index contributed by atoms with van der Waals surface area (Å²) >= 11 is 0. The molecule has 0 saturated carbocycles. The summed E-state index contributed by atoms with van der Waals surface area (Å²) in [5.41, 5.74) is 0.708. The van der Waals surface area contributed by atoms with Crippen LogP contribution in [-0.2, 0) is 0 Å². The lowest BCUT2D eigenvalue weighted by molar-refractivity contribution is 0.112. The fourth-order valence-corrected chi connectivity index (χ4v) is 2.43. The van der Waals surface area contributed by atoms with Gasteiger partial charge >= 0.3 is 0 Å². The summed E-state index contributed by atoms with van der Waals surface area (Å²) in [6.07, 6.45) is 6.40. The van der Waals surface area contributed by atoms with Gasteiger partial charge in [-0.3, -0.25) is 4.79 Å². The van der Waals surface area contributed by atoms with Gasteiger partial charge in [0.1, 0.15) is 5.82 Å². The summed E-state index contributed by atoms with van der Waals surface area (Å²) in [6, 6.07) is 3.65. The Morgan fingerprint density at radius 3 is 3.25 bits per heavy atom. The van der Waals surface area contributed by atoms with E-state index in [4.69, 9.17) is 0 Å². The molecule has 1 aliphatic heterocycles. The Hall–Kier alpha value is -1.38. The average molecular weight is 218 g/mol. The summed E-state index contributed by atoms with van der Waals surface area (Å²) in [5.74, 6) is 1.63. The lowest BCUT2D eigenvalue weighted by atomic mass is 10.0. The second kappa shape index (κ2) is 5.10. The van der Waals surface area contributed by atoms with Crippen molar-refractivity contribution in [3.63, 3.8) is 0 Å². The summed E-state index contributed by atoms with van der Waals surface area (Å²) in [7, 11) is 0. The van der Waals surface area contributed by atoms with Gasteiger partial charge in [0.25, 0.3) is 0 Å². The molecule has 0 aliphatic carbocycles. The van der Waals surface area contributed by atoms with Crippen molar-refractivity contribution in [2.24, 2.45) is 5.92 Å². The van der Waals surface area contributed by atoms with Gasteiger partial charge in [-0.2, -0.15) is 0 Å². The van der Waals surface area contributed by atoms with Crippen LogP contribution >= 0.6 is 0 Å². The zero-order chi connectivity index (χ0) is 11.4. The SMILES string of the molecule is CCCC1CCN(c2ncccc2C=O)C1. The number of aromatic nitrogens is 1. The topological polar surface area (TPSA) is 33.2 Å². The molecule has 1 atom stereocenters. The number of carbonyl (C=O) groups is 1. The zero-order valence-corrected chi connectivity index (χ0v) is 9.72. The van der Waals surface area contributed by atoms with Gasteiger partial charge < -0.3 is 4.90 Å². The van der Waals surface area contributed by atoms with Crippen LogP contribution in [0.5, 0.6) is 0 Å². The third-order valence-electron chi connectivity index (χ3n) is 3.23. The molecule has 2 rings (SSSR count). The van der Waals surface area contributed by atoms with Gasteiger partial charge in [-0.15, -0.1) is 0 Å². The molecular formula is C13H18N2O. The van der Waals surface area contributed by atoms with Crippen molar-refractivity contribution < 1.29 is 4.79 Å². The summed E-state index contributed by atoms with van der Waals surface area (Å²) in [5, 5.41) is 0. The highest BCUT2D eigenvalue weighted by molar-refractivity contribution is 5.82. The molecule has 1 unspecified atom stereocenters. The Morgan fingerprint density at radius 1 is 1.62 bits per heavy atom. The van der Waals surface area contributed by atoms with E-state index in [1.165, 1.54) is 19.3 Å². The molecular weight excluding hydrogens is 200 g/mol. The maximum atomic E-state index is 10.9. The number of hydrogen-bond acceptors (Lipinski definition) is 3. The van der Waals surface area contributed by atoms with E-state index >= 15 is 0 Å². The molecule has 3 heteroatoms. The monoisotopic (exact) mass is 218 g/mol. The van der Waals surface area contributed by atoms with Gasteiger partial charge in [0, 0.05) is 19.3 Å². The van der Waals surface area contributed by atoms with Gasteiger partial charge in [0.15, 0.2) is 6.29 Å². The number of hydrogen-bond donors (Lipinski definition) is 0. The lowest BCUT2D eigenvalue weighted by Crippen LogP contribution is -2.22. The van der Waals surface area contributed by atoms with Crippen molar-refractivity contribution in [1.82, 2.24) is 4.98 Å². The zero-order valence-electron chi connectivity index (χ0n) is 9.72. The molecule has 2 heterocycles. The summed E-state index contributed by atoms with van der Waals surface area (Å²) < 4.78 is 0. The van der Waals surface area contributed by atoms with Gasteiger partial charge in [-0.1, -0.05) is 13.3 Å². The quantitative estimate of drug-likeness (QED) is 0.728. The molecule has 16 heavy (non-hydrogen) atoms. The van der Waals surface area contributed by atoms with Crippen LogP contribution < -0.4 is 4.90 Å². The van der Waals surface area contributed by atoms with Gasteiger partial charge in [-0.05, 0) is 30.9 Å². The molecule has 1 aliphatic rings. The second-order valence-electron chi connectivity index (χ2n) is 4.42. The number of pyridine rings is 1. The lowest BCUT2D eigenvalue weighted by Gasteiger charge is -2.18. The summed E-state index contributed by atoms with van der Waals surface area (Å²) in [6.45, 7) is 4.30. The minimum atomic E-state index is 0.708. The third-order valence-corrected chi connectivity index (χ3v) is 3.23. The van der Waals surface area contributed by atoms with Crippen molar-refractivity contribution in [1.29, 1.82) is 0 Å². The van der Waals surface area contributed by atoms with Gasteiger partial charge in [-0.25, -0.2) is 4.98 Å². The Morgan fingerprint density at radius 2 is 2.50 bits per heavy atom. The Kier molecular flexibility index (Phi) is 3.54. The predicted molar refractivity (Wildman–Crippen MR) is 64.9 cm³/mol. The van der Waals surface area contributed by atoms with Crippen LogP contribution in [0.25, 0.3) is 0 Å². The molecule has 86 valence electrons. The first-order valence-corrected chi connectivity index (χ1v) is 6.00. The van der Waals surface area contributed by atoms with Crippen molar-refractivity contribution in [3.05, 3.63) is 23.9 Å². The normalized spacial score (nSPS) is 20.1. The highest BCUT2D eigenvalue weighted by Crippen LogP contribution is 2.26. The smallest absolute Gasteiger partial charge is 0.153 e. The Balaban J connectivity index is 2.11. The minimum absolute atomic E-state index is 0.708. The number of nitrogens with zero attached hydrogens (tertiary/aromatic N) is 2. The van der Waals surface area contributed by atoms with E-state index in [-0.39, 0.29) is 0 Å². The van der Waals surface area contributed by atoms with Gasteiger partial charge in [0.05, 0.1) is 5.56 Å². The van der Waals surface area contributed by atoms with Crippen LogP contribution in [0.4, 0.5) is 5.82 Å². The molecule has 3 nitrogen and oxygen atoms in total. The van der Waals surface area contributed by atoms with Crippen molar-refractivity contribution >= 4 is 12.1 Å². The van der Waals surface area contributed by atoms with Gasteiger partial charge in [0.2, 0.25) is 0 Å². The van der Waals surface area contributed by atoms with Crippen molar-refractivity contribution in [3.8, 4) is 0 Å². The van der Waals surface area contributed by atoms with Crippen molar-refractivity contribution in [2.75, 3.05) is 18.0 Å². The number of rotatable bonds is 4. The molecule has 1 saturated heterocycles. The first-order chi connectivity index (χ1) is 7.85. The number of anilines is 1. The maximum absolute atomic E-state index is 10.9. The van der Waals surface area contributed by atoms with Crippen molar-refractivity contribution in [2.45, 2.75) is 26.2 Å². The molecule has 1 aromatic rings. The van der Waals surface area contributed by atoms with E-state index in [0.29, 0.717) is 5.56 Å². The standard InChI is InChI=1S/C13H18N2O/c1-2-4-11-6-8-15(9-11)13-12(10-16)5-3-7-14-13/h3,5,7,10-11H,2,4,6,8-9H2,1H3. The molecule has 0 bridgehead atoms. The van der Waals surface area contributed by atoms with Crippen LogP contribution in [0.1, 0.15) is 36.5 Å². The third kappa shape index (κ3) is 2.23. The molecule has 0 radical (unpaired) electrons. The minimum Gasteiger partial charge on any atom is -0.356 e. The molecule has 0 spiro atoms. The van der Waals surface area contributed by atoms with E-state index < -0.39 is 0 Å².